The van der Waals surface area contributed by atoms with Crippen molar-refractivity contribution in [2.45, 2.75) is 26.8 Å². The number of halogens is 1. The lowest BCUT2D eigenvalue weighted by atomic mass is 10.0. The minimum absolute atomic E-state index is 0.0229. The number of carbonyl (C=O) groups excluding carboxylic acids is 1. The number of carbonyl (C=O) groups is 1. The van der Waals surface area contributed by atoms with Gasteiger partial charge < -0.3 is 10.2 Å². The summed E-state index contributed by atoms with van der Waals surface area (Å²) in [6.45, 7) is 7.56. The molecular weight excluding hydrogens is 260 g/mol. The standard InChI is InChI=1S/C15H23ClN2O/c1-5-17-10-11(2)15(19)18(4)12(3)13-8-6-7-9-14(13)16/h6-9,11-12,17H,5,10H2,1-4H3. The molecule has 0 aromatic heterocycles. The van der Waals surface area contributed by atoms with Gasteiger partial charge in [-0.2, -0.15) is 0 Å². The zero-order chi connectivity index (χ0) is 14.4. The van der Waals surface area contributed by atoms with E-state index in [0.29, 0.717) is 11.6 Å². The Bertz CT molecular complexity index is 422. The summed E-state index contributed by atoms with van der Waals surface area (Å²) in [5, 5.41) is 3.90. The van der Waals surface area contributed by atoms with E-state index >= 15 is 0 Å². The summed E-state index contributed by atoms with van der Waals surface area (Å²) in [4.78, 5) is 14.1. The SMILES string of the molecule is CCNCC(C)C(=O)N(C)C(C)c1ccccc1Cl. The normalized spacial score (nSPS) is 13.9. The fourth-order valence-corrected chi connectivity index (χ4v) is 2.30. The zero-order valence-electron chi connectivity index (χ0n) is 12.1. The maximum Gasteiger partial charge on any atom is 0.226 e. The fourth-order valence-electron chi connectivity index (χ4n) is 2.01. The fraction of sp³-hybridized carbons (Fsp3) is 0.533. The molecule has 106 valence electrons. The van der Waals surface area contributed by atoms with Gasteiger partial charge in [0.1, 0.15) is 0 Å². The Labute approximate surface area is 120 Å². The van der Waals surface area contributed by atoms with Gasteiger partial charge in [0.2, 0.25) is 5.91 Å². The molecule has 1 rings (SSSR count). The molecule has 4 heteroatoms. The molecule has 1 aromatic rings. The number of hydrogen-bond donors (Lipinski definition) is 1. The van der Waals surface area contributed by atoms with E-state index in [1.807, 2.05) is 52.1 Å². The van der Waals surface area contributed by atoms with Crippen molar-refractivity contribution in [1.29, 1.82) is 0 Å². The second-order valence-corrected chi connectivity index (χ2v) is 5.26. The summed E-state index contributed by atoms with van der Waals surface area (Å²) in [6.07, 6.45) is 0. The highest BCUT2D eigenvalue weighted by Crippen LogP contribution is 2.26. The van der Waals surface area contributed by atoms with Crippen LogP contribution in [0.5, 0.6) is 0 Å². The van der Waals surface area contributed by atoms with Crippen LogP contribution in [0.3, 0.4) is 0 Å². The van der Waals surface area contributed by atoms with Gasteiger partial charge in [0.25, 0.3) is 0 Å². The number of nitrogens with one attached hydrogen (secondary N) is 1. The molecule has 0 aliphatic heterocycles. The Balaban J connectivity index is 2.74. The van der Waals surface area contributed by atoms with Crippen molar-refractivity contribution in [3.63, 3.8) is 0 Å². The summed E-state index contributed by atoms with van der Waals surface area (Å²) >= 11 is 6.18. The van der Waals surface area contributed by atoms with Crippen LogP contribution in [0.15, 0.2) is 24.3 Å². The van der Waals surface area contributed by atoms with Crippen molar-refractivity contribution >= 4 is 17.5 Å². The highest BCUT2D eigenvalue weighted by molar-refractivity contribution is 6.31. The molecule has 0 spiro atoms. The van der Waals surface area contributed by atoms with Crippen molar-refractivity contribution < 1.29 is 4.79 Å². The lowest BCUT2D eigenvalue weighted by Crippen LogP contribution is -2.38. The van der Waals surface area contributed by atoms with Crippen LogP contribution in [0.25, 0.3) is 0 Å². The predicted molar refractivity (Wildman–Crippen MR) is 80.3 cm³/mol. The van der Waals surface area contributed by atoms with E-state index in [1.165, 1.54) is 0 Å². The van der Waals surface area contributed by atoms with Crippen molar-refractivity contribution in [2.75, 3.05) is 20.1 Å². The lowest BCUT2D eigenvalue weighted by Gasteiger charge is -2.28. The summed E-state index contributed by atoms with van der Waals surface area (Å²) in [5.41, 5.74) is 0.982. The number of rotatable bonds is 6. The van der Waals surface area contributed by atoms with Gasteiger partial charge >= 0.3 is 0 Å². The Morgan fingerprint density at radius 2 is 2.00 bits per heavy atom. The maximum absolute atomic E-state index is 12.3. The predicted octanol–water partition coefficient (Wildman–Crippen LogP) is 3.11. The van der Waals surface area contributed by atoms with Gasteiger partial charge in [-0.15, -0.1) is 0 Å². The number of benzene rings is 1. The van der Waals surface area contributed by atoms with E-state index in [2.05, 4.69) is 5.32 Å². The van der Waals surface area contributed by atoms with Crippen LogP contribution in [0.4, 0.5) is 0 Å². The molecule has 0 radical (unpaired) electrons. The minimum Gasteiger partial charge on any atom is -0.339 e. The molecule has 0 aliphatic carbocycles. The third kappa shape index (κ3) is 4.22. The Morgan fingerprint density at radius 3 is 2.58 bits per heavy atom. The monoisotopic (exact) mass is 282 g/mol. The van der Waals surface area contributed by atoms with Crippen LogP contribution in [-0.4, -0.2) is 30.9 Å². The third-order valence-corrected chi connectivity index (χ3v) is 3.75. The summed E-state index contributed by atoms with van der Waals surface area (Å²) < 4.78 is 0. The highest BCUT2D eigenvalue weighted by atomic mass is 35.5. The molecule has 0 fully saturated rings. The van der Waals surface area contributed by atoms with Crippen LogP contribution in [0, 0.1) is 5.92 Å². The van der Waals surface area contributed by atoms with Gasteiger partial charge in [-0.25, -0.2) is 0 Å². The molecule has 19 heavy (non-hydrogen) atoms. The second-order valence-electron chi connectivity index (χ2n) is 4.86. The molecule has 0 bridgehead atoms. The number of nitrogens with zero attached hydrogens (tertiary/aromatic N) is 1. The summed E-state index contributed by atoms with van der Waals surface area (Å²) in [5.74, 6) is 0.100. The summed E-state index contributed by atoms with van der Waals surface area (Å²) in [7, 11) is 1.83. The lowest BCUT2D eigenvalue weighted by molar-refractivity contribution is -0.135. The van der Waals surface area contributed by atoms with Crippen LogP contribution in [0.2, 0.25) is 5.02 Å². The largest absolute Gasteiger partial charge is 0.339 e. The minimum atomic E-state index is -0.0325. The van der Waals surface area contributed by atoms with E-state index in [0.717, 1.165) is 12.1 Å². The summed E-state index contributed by atoms with van der Waals surface area (Å²) in [6, 6.07) is 7.64. The van der Waals surface area contributed by atoms with Crippen LogP contribution in [0.1, 0.15) is 32.4 Å². The first-order valence-electron chi connectivity index (χ1n) is 6.70. The topological polar surface area (TPSA) is 32.3 Å². The first kappa shape index (κ1) is 16.0. The Hall–Kier alpha value is -1.06. The van der Waals surface area contributed by atoms with Gasteiger partial charge in [-0.1, -0.05) is 43.6 Å². The van der Waals surface area contributed by atoms with Crippen molar-refractivity contribution in [1.82, 2.24) is 10.2 Å². The second kappa shape index (κ2) is 7.51. The van der Waals surface area contributed by atoms with E-state index in [4.69, 9.17) is 11.6 Å². The molecule has 1 amide bonds. The Morgan fingerprint density at radius 1 is 1.37 bits per heavy atom. The molecule has 2 atom stereocenters. The molecule has 3 nitrogen and oxygen atoms in total. The average molecular weight is 283 g/mol. The first-order valence-corrected chi connectivity index (χ1v) is 7.08. The quantitative estimate of drug-likeness (QED) is 0.869. The first-order chi connectivity index (χ1) is 8.99. The van der Waals surface area contributed by atoms with E-state index < -0.39 is 0 Å². The molecule has 0 saturated carbocycles. The molecule has 2 unspecified atom stereocenters. The zero-order valence-corrected chi connectivity index (χ0v) is 12.9. The number of amides is 1. The van der Waals surface area contributed by atoms with E-state index in [-0.39, 0.29) is 17.9 Å². The maximum atomic E-state index is 12.3. The Kier molecular flexibility index (Phi) is 6.32. The smallest absolute Gasteiger partial charge is 0.226 e. The molecule has 0 aliphatic rings. The molecule has 1 N–H and O–H groups in total. The average Bonchev–Trinajstić information content (AvgIpc) is 2.42. The van der Waals surface area contributed by atoms with Gasteiger partial charge in [0.05, 0.1) is 6.04 Å². The van der Waals surface area contributed by atoms with Crippen LogP contribution in [-0.2, 0) is 4.79 Å². The van der Waals surface area contributed by atoms with Gasteiger partial charge in [0.15, 0.2) is 0 Å². The van der Waals surface area contributed by atoms with E-state index in [9.17, 15) is 4.79 Å². The van der Waals surface area contributed by atoms with Crippen LogP contribution >= 0.6 is 11.6 Å². The number of hydrogen-bond acceptors (Lipinski definition) is 2. The molecule has 0 heterocycles. The van der Waals surface area contributed by atoms with Crippen molar-refractivity contribution in [3.05, 3.63) is 34.9 Å². The van der Waals surface area contributed by atoms with Gasteiger partial charge in [-0.3, -0.25) is 4.79 Å². The molecule has 0 saturated heterocycles. The highest BCUT2D eigenvalue weighted by Gasteiger charge is 2.23. The van der Waals surface area contributed by atoms with Gasteiger partial charge in [-0.05, 0) is 25.1 Å². The molecular formula is C15H23ClN2O. The third-order valence-electron chi connectivity index (χ3n) is 3.41. The van der Waals surface area contributed by atoms with Crippen molar-refractivity contribution in [3.8, 4) is 0 Å². The van der Waals surface area contributed by atoms with Crippen molar-refractivity contribution in [2.24, 2.45) is 5.92 Å². The van der Waals surface area contributed by atoms with E-state index in [1.54, 1.807) is 4.90 Å². The van der Waals surface area contributed by atoms with Crippen LogP contribution < -0.4 is 5.32 Å². The van der Waals surface area contributed by atoms with Gasteiger partial charge in [0, 0.05) is 24.5 Å². The molecule has 1 aromatic carbocycles.